The molecule has 0 heterocycles. The minimum atomic E-state index is -0.428. The average Bonchev–Trinajstić information content (AvgIpc) is 2.37. The first-order valence-corrected chi connectivity index (χ1v) is 7.29. The molecule has 6 heteroatoms. The lowest BCUT2D eigenvalue weighted by molar-refractivity contribution is 0.102. The van der Waals surface area contributed by atoms with Gasteiger partial charge >= 0.3 is 0 Å². The third-order valence-corrected chi connectivity index (χ3v) is 3.67. The smallest absolute Gasteiger partial charge is 0.259 e. The minimum Gasteiger partial charge on any atom is -0.507 e. The Morgan fingerprint density at radius 1 is 1.33 bits per heavy atom. The van der Waals surface area contributed by atoms with E-state index in [1.54, 1.807) is 18.2 Å². The average molecular weight is 365 g/mol. The van der Waals surface area contributed by atoms with Crippen LogP contribution in [0.4, 0.5) is 5.69 Å². The predicted molar refractivity (Wildman–Crippen MR) is 90.8 cm³/mol. The van der Waals surface area contributed by atoms with Gasteiger partial charge in [-0.05, 0) is 36.8 Å². The SMILES string of the molecule is Cc1cccc(NC(=O)c2ccc(Br)cc2O)c1C(N)=S. The molecule has 0 saturated carbocycles. The first kappa shape index (κ1) is 15.5. The molecule has 108 valence electrons. The van der Waals surface area contributed by atoms with Crippen molar-refractivity contribution in [1.82, 2.24) is 0 Å². The Hall–Kier alpha value is -1.92. The molecule has 0 fully saturated rings. The van der Waals surface area contributed by atoms with Crippen molar-refractivity contribution >= 4 is 44.7 Å². The fourth-order valence-electron chi connectivity index (χ4n) is 1.99. The molecular weight excluding hydrogens is 352 g/mol. The van der Waals surface area contributed by atoms with Crippen molar-refractivity contribution in [2.45, 2.75) is 6.92 Å². The highest BCUT2D eigenvalue weighted by Gasteiger charge is 2.15. The molecule has 0 aliphatic carbocycles. The van der Waals surface area contributed by atoms with Gasteiger partial charge in [0.2, 0.25) is 0 Å². The predicted octanol–water partition coefficient (Wildman–Crippen LogP) is 3.35. The van der Waals surface area contributed by atoms with Crippen molar-refractivity contribution in [2.24, 2.45) is 5.73 Å². The Labute approximate surface area is 136 Å². The topological polar surface area (TPSA) is 75.3 Å². The molecule has 0 bridgehead atoms. The monoisotopic (exact) mass is 364 g/mol. The third-order valence-electron chi connectivity index (χ3n) is 2.97. The molecule has 2 aromatic carbocycles. The molecule has 2 rings (SSSR count). The van der Waals surface area contributed by atoms with Crippen LogP contribution in [-0.4, -0.2) is 16.0 Å². The minimum absolute atomic E-state index is 0.105. The number of amides is 1. The maximum Gasteiger partial charge on any atom is 0.259 e. The van der Waals surface area contributed by atoms with Crippen LogP contribution in [0.1, 0.15) is 21.5 Å². The molecular formula is C15H13BrN2O2S. The summed E-state index contributed by atoms with van der Waals surface area (Å²) in [6, 6.07) is 10.1. The summed E-state index contributed by atoms with van der Waals surface area (Å²) in [7, 11) is 0. The van der Waals surface area contributed by atoms with Crippen molar-refractivity contribution in [3.05, 3.63) is 57.6 Å². The summed E-state index contributed by atoms with van der Waals surface area (Å²) in [6.07, 6.45) is 0. The zero-order valence-electron chi connectivity index (χ0n) is 11.2. The number of phenols is 1. The van der Waals surface area contributed by atoms with Gasteiger partial charge in [-0.25, -0.2) is 0 Å². The summed E-state index contributed by atoms with van der Waals surface area (Å²) >= 11 is 8.25. The molecule has 2 aromatic rings. The van der Waals surface area contributed by atoms with E-state index in [0.29, 0.717) is 15.7 Å². The summed E-state index contributed by atoms with van der Waals surface area (Å²) in [5.41, 5.74) is 7.90. The molecule has 0 saturated heterocycles. The van der Waals surface area contributed by atoms with E-state index in [1.807, 2.05) is 13.0 Å². The number of halogens is 1. The second-order valence-corrected chi connectivity index (χ2v) is 5.83. The van der Waals surface area contributed by atoms with Gasteiger partial charge in [-0.1, -0.05) is 40.3 Å². The number of carbonyl (C=O) groups is 1. The normalized spacial score (nSPS) is 10.2. The molecule has 0 atom stereocenters. The number of benzene rings is 2. The van der Waals surface area contributed by atoms with E-state index >= 15 is 0 Å². The highest BCUT2D eigenvalue weighted by Crippen LogP contribution is 2.25. The molecule has 21 heavy (non-hydrogen) atoms. The van der Waals surface area contributed by atoms with Crippen molar-refractivity contribution in [1.29, 1.82) is 0 Å². The molecule has 0 aliphatic rings. The number of hydrogen-bond acceptors (Lipinski definition) is 3. The Bertz CT molecular complexity index is 732. The molecule has 0 unspecified atom stereocenters. The van der Waals surface area contributed by atoms with Crippen molar-refractivity contribution in [3.63, 3.8) is 0 Å². The maximum atomic E-state index is 12.3. The zero-order chi connectivity index (χ0) is 15.6. The fourth-order valence-corrected chi connectivity index (χ4v) is 2.61. The van der Waals surface area contributed by atoms with Crippen LogP contribution in [0, 0.1) is 6.92 Å². The lowest BCUT2D eigenvalue weighted by Crippen LogP contribution is -2.18. The van der Waals surface area contributed by atoms with Crippen LogP contribution in [0.5, 0.6) is 5.75 Å². The Balaban J connectivity index is 2.36. The lowest BCUT2D eigenvalue weighted by Gasteiger charge is -2.13. The summed E-state index contributed by atoms with van der Waals surface area (Å²) in [4.78, 5) is 12.5. The van der Waals surface area contributed by atoms with Gasteiger partial charge in [0.15, 0.2) is 0 Å². The van der Waals surface area contributed by atoms with Crippen LogP contribution >= 0.6 is 28.1 Å². The van der Waals surface area contributed by atoms with Gasteiger partial charge in [0.25, 0.3) is 5.91 Å². The number of carbonyl (C=O) groups excluding carboxylic acids is 1. The van der Waals surface area contributed by atoms with E-state index in [2.05, 4.69) is 21.2 Å². The van der Waals surface area contributed by atoms with Crippen molar-refractivity contribution < 1.29 is 9.90 Å². The number of aromatic hydroxyl groups is 1. The third kappa shape index (κ3) is 3.40. The van der Waals surface area contributed by atoms with E-state index < -0.39 is 5.91 Å². The van der Waals surface area contributed by atoms with Crippen molar-refractivity contribution in [2.75, 3.05) is 5.32 Å². The van der Waals surface area contributed by atoms with Crippen LogP contribution in [-0.2, 0) is 0 Å². The quantitative estimate of drug-likeness (QED) is 0.730. The van der Waals surface area contributed by atoms with Crippen LogP contribution in [0.3, 0.4) is 0 Å². The number of nitrogens with one attached hydrogen (secondary N) is 1. The molecule has 4 nitrogen and oxygen atoms in total. The summed E-state index contributed by atoms with van der Waals surface area (Å²) in [6.45, 7) is 1.86. The van der Waals surface area contributed by atoms with E-state index in [9.17, 15) is 9.90 Å². The van der Waals surface area contributed by atoms with Gasteiger partial charge in [-0.2, -0.15) is 0 Å². The van der Waals surface area contributed by atoms with Crippen LogP contribution in [0.15, 0.2) is 40.9 Å². The van der Waals surface area contributed by atoms with Gasteiger partial charge in [0.1, 0.15) is 10.7 Å². The largest absolute Gasteiger partial charge is 0.507 e. The van der Waals surface area contributed by atoms with Gasteiger partial charge in [0.05, 0.1) is 11.3 Å². The van der Waals surface area contributed by atoms with Gasteiger partial charge < -0.3 is 16.2 Å². The summed E-state index contributed by atoms with van der Waals surface area (Å²) in [5.74, 6) is -0.533. The second kappa shape index (κ2) is 6.24. The van der Waals surface area contributed by atoms with E-state index in [1.165, 1.54) is 12.1 Å². The number of phenolic OH excluding ortho intramolecular Hbond substituents is 1. The number of rotatable bonds is 3. The number of nitrogens with two attached hydrogens (primary N) is 1. The van der Waals surface area contributed by atoms with Crippen LogP contribution in [0.2, 0.25) is 0 Å². The zero-order valence-corrected chi connectivity index (χ0v) is 13.6. The Kier molecular flexibility index (Phi) is 4.59. The number of aryl methyl sites for hydroxylation is 1. The molecule has 0 aliphatic heterocycles. The molecule has 0 spiro atoms. The highest BCUT2D eigenvalue weighted by atomic mass is 79.9. The number of anilines is 1. The summed E-state index contributed by atoms with van der Waals surface area (Å²) in [5, 5.41) is 12.6. The van der Waals surface area contributed by atoms with Gasteiger partial charge in [-0.15, -0.1) is 0 Å². The first-order valence-electron chi connectivity index (χ1n) is 6.09. The van der Waals surface area contributed by atoms with E-state index in [4.69, 9.17) is 18.0 Å². The second-order valence-electron chi connectivity index (χ2n) is 4.48. The first-order chi connectivity index (χ1) is 9.90. The molecule has 0 aromatic heterocycles. The van der Waals surface area contributed by atoms with Crippen molar-refractivity contribution in [3.8, 4) is 5.75 Å². The lowest BCUT2D eigenvalue weighted by atomic mass is 10.1. The maximum absolute atomic E-state index is 12.3. The summed E-state index contributed by atoms with van der Waals surface area (Å²) < 4.78 is 0.691. The van der Waals surface area contributed by atoms with E-state index in [0.717, 1.165) is 5.56 Å². The Morgan fingerprint density at radius 3 is 2.67 bits per heavy atom. The molecule has 4 N–H and O–H groups in total. The highest BCUT2D eigenvalue weighted by molar-refractivity contribution is 9.10. The van der Waals surface area contributed by atoms with Crippen LogP contribution in [0.25, 0.3) is 0 Å². The standard InChI is InChI=1S/C15H13BrN2O2S/c1-8-3-2-4-11(13(8)14(17)21)18-15(20)10-6-5-9(16)7-12(10)19/h2-7,19H,1H3,(H2,17,21)(H,18,20). The van der Waals surface area contributed by atoms with Crippen LogP contribution < -0.4 is 11.1 Å². The number of hydrogen-bond donors (Lipinski definition) is 3. The number of thiocarbonyl (C=S) groups is 1. The van der Waals surface area contributed by atoms with Gasteiger partial charge in [-0.3, -0.25) is 4.79 Å². The molecule has 1 amide bonds. The molecule has 0 radical (unpaired) electrons. The fraction of sp³-hybridized carbons (Fsp3) is 0.0667. The Morgan fingerprint density at radius 2 is 2.05 bits per heavy atom. The van der Waals surface area contributed by atoms with E-state index in [-0.39, 0.29) is 16.3 Å². The van der Waals surface area contributed by atoms with Gasteiger partial charge in [0, 0.05) is 10.0 Å².